The summed E-state index contributed by atoms with van der Waals surface area (Å²) in [5.41, 5.74) is 26.9. The molecule has 7 nitrogen and oxygen atoms in total. The summed E-state index contributed by atoms with van der Waals surface area (Å²) >= 11 is 0. The SMILES string of the molecule is CC(C)C1=CC2=C(C=C(C(C)C)C2)C1.CC(C)C1=CC=C(C(C)C)C1.CC(C)C1=CCC(C(C)C)=C1.CC(C)C1=CCC(C(C)C)=N1.CC(C)C1=CN=C(C(C)C)C1.CC(C)c1ccc(C(C)C)cc1.CC(C)c1ccc(C(C)C)nc1.CC(C)c1ccc(C(C)C)nn1.CC(C)c1ccn(C(C)C)c(=O)c1. The first-order valence-electron chi connectivity index (χ1n) is 41.9. The fraction of sp³-hybridized carbons (Fsp3) is 0.600. The predicted octanol–water partition coefficient (Wildman–Crippen LogP) is 30.0. The Labute approximate surface area is 659 Å². The van der Waals surface area contributed by atoms with Gasteiger partial charge < -0.3 is 4.57 Å². The van der Waals surface area contributed by atoms with Crippen LogP contribution in [0.1, 0.15) is 375 Å². The van der Waals surface area contributed by atoms with Gasteiger partial charge in [-0.15, -0.1) is 0 Å². The van der Waals surface area contributed by atoms with Crippen molar-refractivity contribution in [3.05, 3.63) is 227 Å². The van der Waals surface area contributed by atoms with E-state index in [0.717, 1.165) is 59.4 Å². The fourth-order valence-electron chi connectivity index (χ4n) is 12.0. The van der Waals surface area contributed by atoms with E-state index in [0.29, 0.717) is 71.0 Å². The topological polar surface area (TPSA) is 85.4 Å². The molecule has 4 aromatic rings. The minimum Gasteiger partial charge on any atom is -0.313 e. The monoisotopic (exact) mass is 1460 g/mol. The lowest BCUT2D eigenvalue weighted by molar-refractivity contribution is 0.575. The summed E-state index contributed by atoms with van der Waals surface area (Å²) in [7, 11) is 0. The number of aromatic nitrogens is 4. The van der Waals surface area contributed by atoms with Crippen LogP contribution in [0.2, 0.25) is 0 Å². The molecule has 0 spiro atoms. The molecule has 0 unspecified atom stereocenters. The molecule has 0 N–H and O–H groups in total. The van der Waals surface area contributed by atoms with Crippen LogP contribution in [0.15, 0.2) is 192 Å². The van der Waals surface area contributed by atoms with Crippen LogP contribution < -0.4 is 5.56 Å². The third-order valence-corrected chi connectivity index (χ3v) is 20.8. The Morgan fingerprint density at radius 3 is 1.00 bits per heavy atom. The number of hydrogen-bond donors (Lipinski definition) is 0. The highest BCUT2D eigenvalue weighted by Crippen LogP contribution is 2.41. The van der Waals surface area contributed by atoms with Crippen molar-refractivity contribution >= 4 is 11.4 Å². The van der Waals surface area contributed by atoms with Crippen molar-refractivity contribution in [2.24, 2.45) is 69.2 Å². The minimum absolute atomic E-state index is 0.0983. The number of pyridine rings is 2. The first-order valence-corrected chi connectivity index (χ1v) is 41.9. The Balaban J connectivity index is 0.000000409. The second-order valence-electron chi connectivity index (χ2n) is 36.1. The average molecular weight is 1460 g/mol. The van der Waals surface area contributed by atoms with E-state index in [4.69, 9.17) is 0 Å². The molecule has 594 valence electrons. The predicted molar refractivity (Wildman–Crippen MR) is 475 cm³/mol. The van der Waals surface area contributed by atoms with E-state index < -0.39 is 0 Å². The van der Waals surface area contributed by atoms with E-state index in [1.165, 1.54) is 76.3 Å². The zero-order chi connectivity index (χ0) is 81.4. The average Bonchev–Trinajstić information content (AvgIpc) is 1.65. The Morgan fingerprint density at radius 1 is 0.327 bits per heavy atom. The normalized spacial score (nSPS) is 15.1. The maximum Gasteiger partial charge on any atom is 0.251 e. The van der Waals surface area contributed by atoms with Gasteiger partial charge in [-0.3, -0.25) is 19.8 Å². The van der Waals surface area contributed by atoms with Crippen molar-refractivity contribution in [2.45, 2.75) is 335 Å². The second kappa shape index (κ2) is 48.1. The highest BCUT2D eigenvalue weighted by Gasteiger charge is 2.24. The molecule has 3 aromatic heterocycles. The van der Waals surface area contributed by atoms with Gasteiger partial charge in [0.15, 0.2) is 0 Å². The van der Waals surface area contributed by atoms with Gasteiger partial charge in [-0.25, -0.2) is 0 Å². The molecule has 10 rings (SSSR count). The molecule has 0 bridgehead atoms. The van der Waals surface area contributed by atoms with Crippen LogP contribution in [0, 0.1) is 59.2 Å². The van der Waals surface area contributed by atoms with Crippen LogP contribution in [-0.4, -0.2) is 31.2 Å². The number of rotatable bonds is 18. The van der Waals surface area contributed by atoms with Crippen molar-refractivity contribution in [2.75, 3.05) is 0 Å². The largest absolute Gasteiger partial charge is 0.313 e. The van der Waals surface area contributed by atoms with Crippen LogP contribution in [0.5, 0.6) is 0 Å². The van der Waals surface area contributed by atoms with E-state index in [2.05, 4.69) is 352 Å². The summed E-state index contributed by atoms with van der Waals surface area (Å²) in [6.07, 6.45) is 29.4. The molecular weight excluding hydrogens is 1300 g/mol. The first-order chi connectivity index (χ1) is 49.9. The number of hydrogen-bond acceptors (Lipinski definition) is 6. The van der Waals surface area contributed by atoms with Gasteiger partial charge in [0.2, 0.25) is 0 Å². The van der Waals surface area contributed by atoms with E-state index in [9.17, 15) is 4.79 Å². The lowest BCUT2D eigenvalue weighted by Crippen LogP contribution is -2.20. The molecule has 0 amide bonds. The molecular formula is C100H158N6O. The molecule has 107 heavy (non-hydrogen) atoms. The Bertz CT molecular complexity index is 3320. The number of nitrogens with zero attached hydrogens (tertiary/aromatic N) is 6. The van der Waals surface area contributed by atoms with Crippen LogP contribution in [0.25, 0.3) is 0 Å². The number of aliphatic imine (C=N–C) groups is 2. The van der Waals surface area contributed by atoms with E-state index >= 15 is 0 Å². The van der Waals surface area contributed by atoms with Crippen molar-refractivity contribution in [3.8, 4) is 0 Å². The molecule has 2 aliphatic heterocycles. The fourth-order valence-corrected chi connectivity index (χ4v) is 12.0. The summed E-state index contributed by atoms with van der Waals surface area (Å²) < 4.78 is 1.74. The summed E-state index contributed by atoms with van der Waals surface area (Å²) in [5.74, 6) is 10.6. The first kappa shape index (κ1) is 96.5. The molecule has 6 aliphatic rings. The van der Waals surface area contributed by atoms with Crippen molar-refractivity contribution in [1.29, 1.82) is 0 Å². The molecule has 0 saturated carbocycles. The van der Waals surface area contributed by atoms with Crippen LogP contribution in [0.3, 0.4) is 0 Å². The zero-order valence-electron chi connectivity index (χ0n) is 75.3. The zero-order valence-corrected chi connectivity index (χ0v) is 75.3. The van der Waals surface area contributed by atoms with Gasteiger partial charge in [-0.1, -0.05) is 336 Å². The van der Waals surface area contributed by atoms with Gasteiger partial charge in [0.25, 0.3) is 5.56 Å². The summed E-state index contributed by atoms with van der Waals surface area (Å²) in [4.78, 5) is 24.9. The minimum atomic E-state index is 0.0983. The quantitative estimate of drug-likeness (QED) is 0.0993. The van der Waals surface area contributed by atoms with Crippen molar-refractivity contribution in [1.82, 2.24) is 19.7 Å². The van der Waals surface area contributed by atoms with E-state index in [1.807, 2.05) is 38.5 Å². The van der Waals surface area contributed by atoms with E-state index in [1.54, 1.807) is 49.6 Å². The van der Waals surface area contributed by atoms with Crippen molar-refractivity contribution in [3.63, 3.8) is 0 Å². The standard InChI is InChI=1S/C14H20.C12H18.C11H17NO.C11H17N.2C11H18.C10H16N2.2C10H17N/c1-9(2)11-5-13-7-12(10(3)4)8-14(13)6-11;1-9(2)11-5-7-12(8-6-11)10(3)4;1-8(2)10-5-6-12(9(3)4)11(13)7-10;1-8(2)10-5-6-11(9(3)4)12-7-10;2*1-8(2)10-5-6-11(7-10)9(3)4;1-7(2)9-5-6-10(8(3)4)12-11-9;1-7(2)9-5-10(8(3)4)11-6-9;1-7(2)9-5-6-10(11-9)8(3)4/h5,8-10H,6-7H2,1-4H3;5-10H,1-4H3;5-9H,1-4H3;5-9H,1-4H3;5,7-9H,6H2,1-4H3;5-6,8-9H,7H2,1-4H3;5-8H,1-4H3;6-8H,5H2,1-4H3;5,7-8H,6H2,1-4H3. The van der Waals surface area contributed by atoms with Crippen LogP contribution in [-0.2, 0) is 0 Å². The molecule has 7 heteroatoms. The van der Waals surface area contributed by atoms with Crippen LogP contribution >= 0.6 is 0 Å². The Kier molecular flexibility index (Phi) is 43.4. The highest BCUT2D eigenvalue weighted by atomic mass is 16.1. The van der Waals surface area contributed by atoms with Gasteiger partial charge in [-0.2, -0.15) is 10.2 Å². The molecule has 0 atom stereocenters. The third-order valence-electron chi connectivity index (χ3n) is 20.8. The third kappa shape index (κ3) is 34.9. The lowest BCUT2D eigenvalue weighted by atomic mass is 9.95. The summed E-state index contributed by atoms with van der Waals surface area (Å²) in [5, 5.41) is 8.30. The molecule has 5 heterocycles. The molecule has 0 saturated heterocycles. The maximum absolute atomic E-state index is 11.5. The molecule has 4 aliphatic carbocycles. The molecule has 1 aromatic carbocycles. The maximum atomic E-state index is 11.5. The lowest BCUT2D eigenvalue weighted by Gasteiger charge is -2.11. The summed E-state index contributed by atoms with van der Waals surface area (Å²) in [6.45, 7) is 79.2. The number of benzene rings is 1. The smallest absolute Gasteiger partial charge is 0.251 e. The van der Waals surface area contributed by atoms with Gasteiger partial charge in [-0.05, 0) is 209 Å². The van der Waals surface area contributed by atoms with Gasteiger partial charge >= 0.3 is 0 Å². The summed E-state index contributed by atoms with van der Waals surface area (Å²) in [6, 6.07) is 21.4. The molecule has 0 fully saturated rings. The van der Waals surface area contributed by atoms with Gasteiger partial charge in [0.05, 0.1) is 11.4 Å². The van der Waals surface area contributed by atoms with Gasteiger partial charge in [0, 0.05) is 66.4 Å². The highest BCUT2D eigenvalue weighted by molar-refractivity contribution is 5.91. The van der Waals surface area contributed by atoms with Crippen LogP contribution in [0.4, 0.5) is 0 Å². The Hall–Kier alpha value is -6.60. The van der Waals surface area contributed by atoms with Crippen molar-refractivity contribution < 1.29 is 0 Å². The second-order valence-corrected chi connectivity index (χ2v) is 36.1. The number of allylic oxidation sites excluding steroid dienone is 17. The Morgan fingerprint density at radius 2 is 0.738 bits per heavy atom. The molecule has 0 radical (unpaired) electrons. The van der Waals surface area contributed by atoms with E-state index in [-0.39, 0.29) is 11.6 Å². The van der Waals surface area contributed by atoms with Gasteiger partial charge in [0.1, 0.15) is 0 Å².